The van der Waals surface area contributed by atoms with E-state index < -0.39 is 0 Å². The van der Waals surface area contributed by atoms with Gasteiger partial charge in [0.1, 0.15) is 0 Å². The minimum absolute atomic E-state index is 0.0139. The minimum atomic E-state index is -0.0194. The topological polar surface area (TPSA) is 68.4 Å². The molecule has 6 nitrogen and oxygen atoms in total. The van der Waals surface area contributed by atoms with E-state index in [1.807, 2.05) is 24.3 Å². The van der Waals surface area contributed by atoms with Gasteiger partial charge in [-0.05, 0) is 32.4 Å². The third-order valence-electron chi connectivity index (χ3n) is 4.92. The Hall–Kier alpha value is -1.86. The van der Waals surface area contributed by atoms with E-state index in [0.717, 1.165) is 38.9 Å². The Balaban J connectivity index is 2.16. The third kappa shape index (κ3) is 6.34. The number of benzene rings is 1. The molecular formula is C21H33N4O2S+. The van der Waals surface area contributed by atoms with E-state index in [4.69, 9.17) is 0 Å². The van der Waals surface area contributed by atoms with Crippen molar-refractivity contribution in [2.24, 2.45) is 0 Å². The van der Waals surface area contributed by atoms with Crippen LogP contribution in [0.4, 0.5) is 0 Å². The van der Waals surface area contributed by atoms with Crippen molar-refractivity contribution in [1.82, 2.24) is 14.9 Å². The van der Waals surface area contributed by atoms with E-state index >= 15 is 0 Å². The number of rotatable bonds is 12. The lowest BCUT2D eigenvalue weighted by molar-refractivity contribution is -0.896. The molecule has 0 atom stereocenters. The first-order valence-electron chi connectivity index (χ1n) is 10.3. The largest absolute Gasteiger partial charge is 0.355 e. The fraction of sp³-hybridized carbons (Fsp3) is 0.571. The highest BCUT2D eigenvalue weighted by Crippen LogP contribution is 2.17. The number of amides is 1. The molecule has 2 rings (SSSR count). The van der Waals surface area contributed by atoms with Crippen molar-refractivity contribution in [1.29, 1.82) is 0 Å². The van der Waals surface area contributed by atoms with Gasteiger partial charge in [0.05, 0.1) is 36.3 Å². The monoisotopic (exact) mass is 405 g/mol. The summed E-state index contributed by atoms with van der Waals surface area (Å²) in [6, 6.07) is 7.42. The fourth-order valence-corrected chi connectivity index (χ4v) is 3.99. The molecule has 0 saturated heterocycles. The predicted molar refractivity (Wildman–Crippen MR) is 116 cm³/mol. The summed E-state index contributed by atoms with van der Waals surface area (Å²) in [5.74, 6) is 0.260. The molecule has 7 heteroatoms. The Morgan fingerprint density at radius 1 is 1.18 bits per heavy atom. The summed E-state index contributed by atoms with van der Waals surface area (Å²) in [6.45, 7) is 11.0. The smallest absolute Gasteiger partial charge is 0.262 e. The molecule has 2 aromatic rings. The number of aromatic nitrogens is 2. The summed E-state index contributed by atoms with van der Waals surface area (Å²) >= 11 is 1.35. The molecule has 1 aromatic heterocycles. The van der Waals surface area contributed by atoms with Crippen molar-refractivity contribution >= 4 is 28.6 Å². The number of carbonyl (C=O) groups excluding carboxylic acids is 1. The lowest BCUT2D eigenvalue weighted by atomic mass is 10.2. The number of hydrogen-bond acceptors (Lipinski definition) is 4. The number of para-hydroxylation sites is 1. The van der Waals surface area contributed by atoms with E-state index in [9.17, 15) is 9.59 Å². The number of nitrogens with zero attached hydrogens (tertiary/aromatic N) is 2. The van der Waals surface area contributed by atoms with Gasteiger partial charge in [-0.2, -0.15) is 0 Å². The van der Waals surface area contributed by atoms with Crippen LogP contribution in [0.3, 0.4) is 0 Å². The van der Waals surface area contributed by atoms with Crippen LogP contribution in [-0.2, 0) is 11.3 Å². The first-order chi connectivity index (χ1) is 13.6. The number of nitrogens with one attached hydrogen (secondary N) is 2. The third-order valence-corrected chi connectivity index (χ3v) is 5.90. The molecule has 28 heavy (non-hydrogen) atoms. The van der Waals surface area contributed by atoms with Gasteiger partial charge in [0.15, 0.2) is 5.16 Å². The molecule has 1 aromatic carbocycles. The summed E-state index contributed by atoms with van der Waals surface area (Å²) in [5.41, 5.74) is 0.668. The Morgan fingerprint density at radius 3 is 2.64 bits per heavy atom. The molecule has 0 aliphatic heterocycles. The minimum Gasteiger partial charge on any atom is -0.355 e. The molecular weight excluding hydrogens is 372 g/mol. The molecule has 0 unspecified atom stereocenters. The van der Waals surface area contributed by atoms with E-state index in [1.165, 1.54) is 16.7 Å². The summed E-state index contributed by atoms with van der Waals surface area (Å²) in [5, 5.41) is 4.18. The van der Waals surface area contributed by atoms with Crippen LogP contribution in [0.5, 0.6) is 0 Å². The van der Waals surface area contributed by atoms with Gasteiger partial charge in [0.2, 0.25) is 5.91 Å². The number of unbranched alkanes of at least 4 members (excludes halogenated alkanes) is 1. The Labute approximate surface area is 171 Å². The van der Waals surface area contributed by atoms with Crippen LogP contribution in [0, 0.1) is 0 Å². The van der Waals surface area contributed by atoms with Gasteiger partial charge in [-0.25, -0.2) is 4.98 Å². The molecule has 0 aliphatic rings. The van der Waals surface area contributed by atoms with E-state index in [1.54, 1.807) is 4.57 Å². The van der Waals surface area contributed by atoms with Gasteiger partial charge in [-0.3, -0.25) is 14.2 Å². The zero-order chi connectivity index (χ0) is 20.4. The van der Waals surface area contributed by atoms with Gasteiger partial charge < -0.3 is 10.2 Å². The Morgan fingerprint density at radius 2 is 1.93 bits per heavy atom. The summed E-state index contributed by atoms with van der Waals surface area (Å²) < 4.78 is 1.75. The highest BCUT2D eigenvalue weighted by molar-refractivity contribution is 7.99. The molecule has 0 radical (unpaired) electrons. The van der Waals surface area contributed by atoms with Crippen molar-refractivity contribution in [2.75, 3.05) is 31.9 Å². The molecule has 2 N–H and O–H groups in total. The molecule has 154 valence electrons. The van der Waals surface area contributed by atoms with Gasteiger partial charge in [0.25, 0.3) is 5.56 Å². The maximum absolute atomic E-state index is 13.0. The molecule has 0 spiro atoms. The highest BCUT2D eigenvalue weighted by Gasteiger charge is 2.14. The van der Waals surface area contributed by atoms with Crippen LogP contribution < -0.4 is 15.8 Å². The zero-order valence-electron chi connectivity index (χ0n) is 17.3. The van der Waals surface area contributed by atoms with Crippen molar-refractivity contribution in [2.45, 2.75) is 51.7 Å². The zero-order valence-corrected chi connectivity index (χ0v) is 18.1. The fourth-order valence-electron chi connectivity index (χ4n) is 3.13. The lowest BCUT2D eigenvalue weighted by Crippen LogP contribution is -3.11. The average molecular weight is 406 g/mol. The van der Waals surface area contributed by atoms with Crippen molar-refractivity contribution in [3.63, 3.8) is 0 Å². The number of hydrogen-bond donors (Lipinski definition) is 2. The number of fused-ring (bicyclic) bond motifs is 1. The molecule has 1 amide bonds. The van der Waals surface area contributed by atoms with Crippen LogP contribution in [0.25, 0.3) is 10.9 Å². The maximum atomic E-state index is 13.0. The predicted octanol–water partition coefficient (Wildman–Crippen LogP) is 1.72. The maximum Gasteiger partial charge on any atom is 0.262 e. The molecule has 0 bridgehead atoms. The molecule has 0 aliphatic carbocycles. The summed E-state index contributed by atoms with van der Waals surface area (Å²) in [4.78, 5) is 31.3. The quantitative estimate of drug-likeness (QED) is 0.321. The first kappa shape index (κ1) is 22.4. The number of quaternary nitrogens is 1. The second-order valence-electron chi connectivity index (χ2n) is 6.92. The normalized spacial score (nSPS) is 11.3. The lowest BCUT2D eigenvalue weighted by Gasteiger charge is -2.17. The average Bonchev–Trinajstić information content (AvgIpc) is 2.71. The van der Waals surface area contributed by atoms with E-state index in [0.29, 0.717) is 29.1 Å². The van der Waals surface area contributed by atoms with Crippen LogP contribution in [0.1, 0.15) is 40.0 Å². The van der Waals surface area contributed by atoms with Crippen LogP contribution in [-0.4, -0.2) is 47.4 Å². The van der Waals surface area contributed by atoms with Crippen LogP contribution >= 0.6 is 11.8 Å². The van der Waals surface area contributed by atoms with Crippen LogP contribution in [0.15, 0.2) is 34.2 Å². The van der Waals surface area contributed by atoms with E-state index in [-0.39, 0.29) is 17.2 Å². The van der Waals surface area contributed by atoms with Gasteiger partial charge in [0, 0.05) is 19.5 Å². The van der Waals surface area contributed by atoms with Gasteiger partial charge in [-0.15, -0.1) is 0 Å². The number of carbonyl (C=O) groups is 1. The summed E-state index contributed by atoms with van der Waals surface area (Å²) in [7, 11) is 0. The van der Waals surface area contributed by atoms with E-state index in [2.05, 4.69) is 31.1 Å². The number of thioether (sulfide) groups is 1. The first-order valence-corrected chi connectivity index (χ1v) is 11.3. The Kier molecular flexibility index (Phi) is 9.50. The van der Waals surface area contributed by atoms with Gasteiger partial charge >= 0.3 is 0 Å². The highest BCUT2D eigenvalue weighted by atomic mass is 32.2. The van der Waals surface area contributed by atoms with Crippen LogP contribution in [0.2, 0.25) is 0 Å². The molecule has 0 saturated carbocycles. The molecule has 0 fully saturated rings. The standard InChI is InChI=1S/C21H32N4O2S/c1-4-7-13-22-19(26)16-28-21-23-18-12-9-8-11-17(18)20(27)25(21)15-10-14-24(5-2)6-3/h8-9,11-12H,4-7,10,13-16H2,1-3H3,(H,22,26)/p+1. The summed E-state index contributed by atoms with van der Waals surface area (Å²) in [6.07, 6.45) is 2.93. The van der Waals surface area contributed by atoms with Crippen molar-refractivity contribution in [3.8, 4) is 0 Å². The Bertz CT molecular complexity index is 818. The van der Waals surface area contributed by atoms with Gasteiger partial charge in [-0.1, -0.05) is 37.2 Å². The SMILES string of the molecule is CCCCNC(=O)CSc1nc2ccccc2c(=O)n1CCC[NH+](CC)CC. The molecule has 1 heterocycles. The second-order valence-corrected chi connectivity index (χ2v) is 7.86. The van der Waals surface area contributed by atoms with Crippen molar-refractivity contribution in [3.05, 3.63) is 34.6 Å². The second kappa shape index (κ2) is 11.9. The van der Waals surface area contributed by atoms with Crippen molar-refractivity contribution < 1.29 is 9.69 Å².